The van der Waals surface area contributed by atoms with E-state index in [4.69, 9.17) is 4.98 Å². The van der Waals surface area contributed by atoms with Gasteiger partial charge in [0, 0.05) is 24.2 Å². The number of benzene rings is 9. The molecule has 3 nitrogen and oxygen atoms in total. The number of aromatic nitrogens is 3. The maximum atomic E-state index is 5.02. The van der Waals surface area contributed by atoms with Gasteiger partial charge in [0.05, 0.1) is 5.69 Å². The van der Waals surface area contributed by atoms with Gasteiger partial charge in [0.25, 0.3) is 0 Å². The Morgan fingerprint density at radius 3 is 1.45 bits per heavy atom. The molecule has 0 bridgehead atoms. The van der Waals surface area contributed by atoms with E-state index in [0.29, 0.717) is 5.78 Å². The molecular weight excluding hydrogens is 619 g/mol. The zero-order valence-corrected chi connectivity index (χ0v) is 27.4. The molecule has 3 heteroatoms. The molecule has 0 amide bonds. The molecule has 0 atom stereocenters. The molecule has 234 valence electrons. The van der Waals surface area contributed by atoms with Gasteiger partial charge < -0.3 is 0 Å². The minimum Gasteiger partial charge on any atom is -0.291 e. The molecule has 12 rings (SSSR count). The Kier molecular flexibility index (Phi) is 5.23. The zero-order valence-electron chi connectivity index (χ0n) is 27.4. The molecule has 0 unspecified atom stereocenters. The lowest BCUT2D eigenvalue weighted by molar-refractivity contribution is 1.11. The fourth-order valence-electron chi connectivity index (χ4n) is 9.09. The van der Waals surface area contributed by atoms with Crippen LogP contribution < -0.4 is 0 Å². The fraction of sp³-hybridized carbons (Fsp3) is 0. The van der Waals surface area contributed by atoms with E-state index in [2.05, 4.69) is 151 Å². The molecule has 0 aliphatic carbocycles. The standard InChI is InChI=1S/C48H27N3/c1-3-14-37-33(12-1)42(34-13-2-4-15-38(34)47(37)41-27-51-24-8-23-49-48(51)50-41)32-25-31-22-21-30-10-6-17-36-35-16-5-9-28-19-20-29-11-7-18-39(45(29)43(28)35)40(26-32)46(31)44(30)36/h1-27H. The molecule has 0 aliphatic heterocycles. The van der Waals surface area contributed by atoms with Crippen molar-refractivity contribution in [3.63, 3.8) is 0 Å². The van der Waals surface area contributed by atoms with Gasteiger partial charge in [-0.05, 0) is 116 Å². The summed E-state index contributed by atoms with van der Waals surface area (Å²) in [4.78, 5) is 9.56. The molecule has 0 N–H and O–H groups in total. The van der Waals surface area contributed by atoms with Crippen molar-refractivity contribution in [1.29, 1.82) is 0 Å². The van der Waals surface area contributed by atoms with Gasteiger partial charge >= 0.3 is 0 Å². The van der Waals surface area contributed by atoms with Gasteiger partial charge in [-0.25, -0.2) is 9.97 Å². The lowest BCUT2D eigenvalue weighted by Gasteiger charge is -2.19. The van der Waals surface area contributed by atoms with Crippen LogP contribution in [0.15, 0.2) is 164 Å². The van der Waals surface area contributed by atoms with Gasteiger partial charge in [0.15, 0.2) is 0 Å². The summed E-state index contributed by atoms with van der Waals surface area (Å²) in [6.07, 6.45) is 5.91. The minimum absolute atomic E-state index is 0.697. The minimum atomic E-state index is 0.697. The van der Waals surface area contributed by atoms with Crippen molar-refractivity contribution in [2.75, 3.05) is 0 Å². The first-order chi connectivity index (χ1) is 25.3. The summed E-state index contributed by atoms with van der Waals surface area (Å²) in [5, 5.41) is 20.2. The topological polar surface area (TPSA) is 30.2 Å². The van der Waals surface area contributed by atoms with Crippen LogP contribution in [0.1, 0.15) is 0 Å². The molecule has 0 radical (unpaired) electrons. The Morgan fingerprint density at radius 1 is 0.392 bits per heavy atom. The Labute approximate surface area is 292 Å². The number of hydrogen-bond donors (Lipinski definition) is 0. The van der Waals surface area contributed by atoms with E-state index >= 15 is 0 Å². The number of hydrogen-bond acceptors (Lipinski definition) is 2. The highest BCUT2D eigenvalue weighted by Gasteiger charge is 2.21. The molecule has 12 aromatic rings. The molecule has 0 saturated carbocycles. The van der Waals surface area contributed by atoms with Gasteiger partial charge in [-0.2, -0.15) is 0 Å². The smallest absolute Gasteiger partial charge is 0.234 e. The van der Waals surface area contributed by atoms with Crippen LogP contribution in [-0.4, -0.2) is 14.4 Å². The highest BCUT2D eigenvalue weighted by Crippen LogP contribution is 2.48. The van der Waals surface area contributed by atoms with Gasteiger partial charge in [0.1, 0.15) is 0 Å². The first kappa shape index (κ1) is 27.0. The molecule has 0 aliphatic rings. The number of rotatable bonds is 2. The third kappa shape index (κ3) is 3.62. The lowest BCUT2D eigenvalue weighted by Crippen LogP contribution is -1.92. The van der Waals surface area contributed by atoms with Crippen molar-refractivity contribution in [1.82, 2.24) is 14.4 Å². The normalized spacial score (nSPS) is 12.3. The highest BCUT2D eigenvalue weighted by atomic mass is 15.1. The van der Waals surface area contributed by atoms with Crippen LogP contribution in [0.2, 0.25) is 0 Å². The largest absolute Gasteiger partial charge is 0.291 e. The predicted molar refractivity (Wildman–Crippen MR) is 215 cm³/mol. The average Bonchev–Trinajstić information content (AvgIpc) is 3.62. The van der Waals surface area contributed by atoms with Gasteiger partial charge in [-0.15, -0.1) is 0 Å². The Hall–Kier alpha value is -6.84. The lowest BCUT2D eigenvalue weighted by atomic mass is 9.84. The van der Waals surface area contributed by atoms with Crippen molar-refractivity contribution in [3.05, 3.63) is 164 Å². The van der Waals surface area contributed by atoms with Crippen LogP contribution in [-0.2, 0) is 0 Å². The average molecular weight is 646 g/mol. The Morgan fingerprint density at radius 2 is 0.882 bits per heavy atom. The van der Waals surface area contributed by atoms with Crippen molar-refractivity contribution >= 4 is 92.0 Å². The van der Waals surface area contributed by atoms with Gasteiger partial charge in [-0.1, -0.05) is 127 Å². The van der Waals surface area contributed by atoms with Crippen LogP contribution in [0.25, 0.3) is 114 Å². The fourth-order valence-corrected chi connectivity index (χ4v) is 9.09. The number of fused-ring (bicyclic) bond motifs is 5. The summed E-state index contributed by atoms with van der Waals surface area (Å²) in [5.74, 6) is 0.697. The molecule has 10 aromatic carbocycles. The van der Waals surface area contributed by atoms with Crippen LogP contribution >= 0.6 is 0 Å². The SMILES string of the molecule is c1ccc2c(-c3cn4cccnc4n3)c3ccccc3c(-c3cc4ccc5cccc6c7cccc8ccc9cccc(c(c3)c4c56)c9c87)c2c1. The Bertz CT molecular complexity index is 3330. The third-order valence-corrected chi connectivity index (χ3v) is 11.1. The number of imidazole rings is 1. The molecule has 51 heavy (non-hydrogen) atoms. The molecule has 0 fully saturated rings. The van der Waals surface area contributed by atoms with Crippen molar-refractivity contribution in [3.8, 4) is 22.4 Å². The first-order valence-corrected chi connectivity index (χ1v) is 17.5. The first-order valence-electron chi connectivity index (χ1n) is 17.5. The second kappa shape index (κ2) is 9.87. The van der Waals surface area contributed by atoms with Gasteiger partial charge in [0.2, 0.25) is 5.78 Å². The van der Waals surface area contributed by atoms with Crippen LogP contribution in [0.3, 0.4) is 0 Å². The van der Waals surface area contributed by atoms with E-state index in [-0.39, 0.29) is 0 Å². The monoisotopic (exact) mass is 645 g/mol. The summed E-state index contributed by atoms with van der Waals surface area (Å²) in [5.41, 5.74) is 4.51. The second-order valence-electron chi connectivity index (χ2n) is 13.8. The maximum Gasteiger partial charge on any atom is 0.234 e. The van der Waals surface area contributed by atoms with Crippen molar-refractivity contribution in [2.24, 2.45) is 0 Å². The Balaban J connectivity index is 1.30. The zero-order chi connectivity index (χ0) is 33.2. The molecule has 2 aromatic heterocycles. The summed E-state index contributed by atoms with van der Waals surface area (Å²) in [6.45, 7) is 0. The van der Waals surface area contributed by atoms with E-state index < -0.39 is 0 Å². The van der Waals surface area contributed by atoms with Crippen molar-refractivity contribution in [2.45, 2.75) is 0 Å². The van der Waals surface area contributed by atoms with Gasteiger partial charge in [-0.3, -0.25) is 4.40 Å². The van der Waals surface area contributed by atoms with Crippen LogP contribution in [0, 0.1) is 0 Å². The molecule has 0 saturated heterocycles. The van der Waals surface area contributed by atoms with Crippen LogP contribution in [0.4, 0.5) is 0 Å². The van der Waals surface area contributed by atoms with E-state index in [9.17, 15) is 0 Å². The molecular formula is C48H27N3. The summed E-state index contributed by atoms with van der Waals surface area (Å²) in [6, 6.07) is 54.1. The number of nitrogens with zero attached hydrogens (tertiary/aromatic N) is 3. The quantitative estimate of drug-likeness (QED) is 0.138. The summed E-state index contributed by atoms with van der Waals surface area (Å²) < 4.78 is 2.00. The maximum absolute atomic E-state index is 5.02. The third-order valence-electron chi connectivity index (χ3n) is 11.1. The van der Waals surface area contributed by atoms with E-state index in [1.165, 1.54) is 97.3 Å². The highest BCUT2D eigenvalue weighted by molar-refractivity contribution is 6.37. The summed E-state index contributed by atoms with van der Waals surface area (Å²) >= 11 is 0. The molecule has 2 heterocycles. The summed E-state index contributed by atoms with van der Waals surface area (Å²) in [7, 11) is 0. The second-order valence-corrected chi connectivity index (χ2v) is 13.8. The van der Waals surface area contributed by atoms with E-state index in [0.717, 1.165) is 11.3 Å². The van der Waals surface area contributed by atoms with E-state index in [1.807, 2.05) is 16.7 Å². The van der Waals surface area contributed by atoms with Crippen LogP contribution in [0.5, 0.6) is 0 Å². The predicted octanol–water partition coefficient (Wildman–Crippen LogP) is 12.7. The molecule has 0 spiro atoms. The van der Waals surface area contributed by atoms with E-state index in [1.54, 1.807) is 6.20 Å². The van der Waals surface area contributed by atoms with Crippen molar-refractivity contribution < 1.29 is 0 Å².